The number of nitrogens with one attached hydrogen (secondary N) is 1. The molecule has 1 aromatic heterocycles. The zero-order chi connectivity index (χ0) is 15.2. The molecule has 6 heteroatoms. The molecule has 0 radical (unpaired) electrons. The van der Waals surface area contributed by atoms with E-state index in [9.17, 15) is 4.39 Å². The Bertz CT molecular complexity index is 570. The molecule has 1 N–H and O–H groups in total. The van der Waals surface area contributed by atoms with E-state index in [2.05, 4.69) is 29.4 Å². The fourth-order valence-corrected chi connectivity index (χ4v) is 1.97. The molecule has 1 aromatic carbocycles. The molecule has 2 rings (SSSR count). The summed E-state index contributed by atoms with van der Waals surface area (Å²) in [5.74, 6) is 0.746. The van der Waals surface area contributed by atoms with E-state index in [0.29, 0.717) is 36.6 Å². The lowest BCUT2D eigenvalue weighted by atomic mass is 10.2. The van der Waals surface area contributed by atoms with Gasteiger partial charge in [0, 0.05) is 6.54 Å². The van der Waals surface area contributed by atoms with Crippen LogP contribution in [0.15, 0.2) is 28.7 Å². The minimum atomic E-state index is -0.308. The maximum atomic E-state index is 13.9. The third-order valence-corrected chi connectivity index (χ3v) is 2.98. The van der Waals surface area contributed by atoms with Crippen LogP contribution in [0.2, 0.25) is 0 Å². The Morgan fingerprint density at radius 1 is 1.29 bits per heavy atom. The number of aromatic nitrogens is 2. The molecule has 0 saturated heterocycles. The summed E-state index contributed by atoms with van der Waals surface area (Å²) in [5, 5.41) is 11.2. The van der Waals surface area contributed by atoms with E-state index in [4.69, 9.17) is 4.42 Å². The highest BCUT2D eigenvalue weighted by atomic mass is 19.1. The third kappa shape index (κ3) is 4.01. The van der Waals surface area contributed by atoms with E-state index in [1.807, 2.05) is 6.92 Å². The van der Waals surface area contributed by atoms with Crippen LogP contribution in [-0.2, 0) is 6.54 Å². The lowest BCUT2D eigenvalue weighted by Crippen LogP contribution is -2.19. The highest BCUT2D eigenvalue weighted by Crippen LogP contribution is 2.26. The number of rotatable bonds is 7. The molecule has 2 aromatic rings. The molecular weight excluding hydrogens is 271 g/mol. The van der Waals surface area contributed by atoms with Crippen molar-refractivity contribution in [2.24, 2.45) is 5.92 Å². The smallest absolute Gasteiger partial charge is 0.322 e. The average Bonchev–Trinajstić information content (AvgIpc) is 2.90. The van der Waals surface area contributed by atoms with Crippen LogP contribution in [-0.4, -0.2) is 23.3 Å². The van der Waals surface area contributed by atoms with Crippen LogP contribution >= 0.6 is 0 Å². The largest absolute Gasteiger partial charge is 0.406 e. The zero-order valence-electron chi connectivity index (χ0n) is 12.6. The summed E-state index contributed by atoms with van der Waals surface area (Å²) in [5.41, 5.74) is 0.435. The maximum absolute atomic E-state index is 13.9. The van der Waals surface area contributed by atoms with Crippen molar-refractivity contribution in [2.45, 2.75) is 27.3 Å². The highest BCUT2D eigenvalue weighted by molar-refractivity contribution is 5.56. The first kappa shape index (κ1) is 15.4. The first-order chi connectivity index (χ1) is 10.1. The number of nitrogens with zero attached hydrogens (tertiary/aromatic N) is 3. The van der Waals surface area contributed by atoms with Crippen LogP contribution in [0.1, 0.15) is 26.7 Å². The van der Waals surface area contributed by atoms with E-state index in [1.54, 1.807) is 23.1 Å². The first-order valence-corrected chi connectivity index (χ1v) is 7.17. The Hall–Kier alpha value is -1.95. The van der Waals surface area contributed by atoms with E-state index in [0.717, 1.165) is 6.54 Å². The number of para-hydroxylation sites is 1. The molecule has 5 nitrogen and oxygen atoms in total. The van der Waals surface area contributed by atoms with Crippen LogP contribution in [0.4, 0.5) is 16.1 Å². The molecule has 0 spiro atoms. The molecule has 0 bridgehead atoms. The summed E-state index contributed by atoms with van der Waals surface area (Å²) < 4.78 is 19.5. The summed E-state index contributed by atoms with van der Waals surface area (Å²) in [7, 11) is 0. The minimum Gasteiger partial charge on any atom is -0.406 e. The van der Waals surface area contributed by atoms with Crippen LogP contribution in [0.5, 0.6) is 0 Å². The molecule has 0 aliphatic rings. The van der Waals surface area contributed by atoms with Crippen molar-refractivity contribution in [3.8, 4) is 0 Å². The van der Waals surface area contributed by atoms with E-state index < -0.39 is 0 Å². The number of hydrogen-bond acceptors (Lipinski definition) is 5. The van der Waals surface area contributed by atoms with Crippen molar-refractivity contribution in [2.75, 3.05) is 18.0 Å². The van der Waals surface area contributed by atoms with Gasteiger partial charge in [0.2, 0.25) is 5.89 Å². The summed E-state index contributed by atoms with van der Waals surface area (Å²) >= 11 is 0. The molecule has 114 valence electrons. The first-order valence-electron chi connectivity index (χ1n) is 7.17. The summed E-state index contributed by atoms with van der Waals surface area (Å²) in [6.45, 7) is 8.10. The second-order valence-corrected chi connectivity index (χ2v) is 5.20. The summed E-state index contributed by atoms with van der Waals surface area (Å²) in [6.07, 6.45) is 0. The van der Waals surface area contributed by atoms with Gasteiger partial charge >= 0.3 is 6.01 Å². The lowest BCUT2D eigenvalue weighted by Gasteiger charge is -2.18. The average molecular weight is 292 g/mol. The quantitative estimate of drug-likeness (QED) is 0.849. The van der Waals surface area contributed by atoms with Gasteiger partial charge in [0.1, 0.15) is 5.82 Å². The predicted octanol–water partition coefficient (Wildman–Crippen LogP) is 3.11. The molecule has 21 heavy (non-hydrogen) atoms. The van der Waals surface area contributed by atoms with E-state index >= 15 is 0 Å². The second kappa shape index (κ2) is 7.17. The monoisotopic (exact) mass is 292 g/mol. The van der Waals surface area contributed by atoms with Gasteiger partial charge in [-0.1, -0.05) is 31.1 Å². The third-order valence-electron chi connectivity index (χ3n) is 2.98. The Morgan fingerprint density at radius 3 is 2.71 bits per heavy atom. The highest BCUT2D eigenvalue weighted by Gasteiger charge is 2.17. The van der Waals surface area contributed by atoms with Gasteiger partial charge in [-0.15, -0.1) is 5.10 Å². The minimum absolute atomic E-state index is 0.308. The van der Waals surface area contributed by atoms with Crippen molar-refractivity contribution < 1.29 is 8.81 Å². The van der Waals surface area contributed by atoms with Gasteiger partial charge in [-0.3, -0.25) is 4.90 Å². The normalized spacial score (nSPS) is 11.1. The van der Waals surface area contributed by atoms with E-state index in [-0.39, 0.29) is 5.82 Å². The van der Waals surface area contributed by atoms with Crippen molar-refractivity contribution >= 4 is 11.7 Å². The van der Waals surface area contributed by atoms with E-state index in [1.165, 1.54) is 6.07 Å². The molecule has 0 unspecified atom stereocenters. The molecule has 0 saturated carbocycles. The van der Waals surface area contributed by atoms with Crippen molar-refractivity contribution in [3.05, 3.63) is 36.0 Å². The second-order valence-electron chi connectivity index (χ2n) is 5.20. The molecular formula is C15H21FN4O. The van der Waals surface area contributed by atoms with Gasteiger partial charge in [-0.2, -0.15) is 0 Å². The Kier molecular flexibility index (Phi) is 5.27. The SMILES string of the molecule is CCN(c1nnc(CNCC(C)C)o1)c1ccccc1F. The van der Waals surface area contributed by atoms with Crippen LogP contribution < -0.4 is 10.2 Å². The van der Waals surface area contributed by atoms with Crippen molar-refractivity contribution in [1.29, 1.82) is 0 Å². The van der Waals surface area contributed by atoms with Gasteiger partial charge in [-0.05, 0) is 31.5 Å². The molecule has 0 aliphatic carbocycles. The summed E-state index contributed by atoms with van der Waals surface area (Å²) in [6, 6.07) is 6.85. The van der Waals surface area contributed by atoms with Crippen molar-refractivity contribution in [1.82, 2.24) is 15.5 Å². The molecule has 0 amide bonds. The van der Waals surface area contributed by atoms with Crippen LogP contribution in [0.3, 0.4) is 0 Å². The Labute approximate surface area is 124 Å². The Morgan fingerprint density at radius 2 is 2.05 bits per heavy atom. The molecule has 1 heterocycles. The summed E-state index contributed by atoms with van der Waals surface area (Å²) in [4.78, 5) is 1.66. The van der Waals surface area contributed by atoms with Gasteiger partial charge in [0.25, 0.3) is 0 Å². The fourth-order valence-electron chi connectivity index (χ4n) is 1.97. The predicted molar refractivity (Wildman–Crippen MR) is 79.9 cm³/mol. The van der Waals surface area contributed by atoms with Crippen LogP contribution in [0.25, 0.3) is 0 Å². The fraction of sp³-hybridized carbons (Fsp3) is 0.467. The molecule has 0 aliphatic heterocycles. The lowest BCUT2D eigenvalue weighted by molar-refractivity contribution is 0.452. The van der Waals surface area contributed by atoms with Gasteiger partial charge in [-0.25, -0.2) is 4.39 Å². The van der Waals surface area contributed by atoms with Crippen LogP contribution in [0, 0.1) is 11.7 Å². The Balaban J connectivity index is 2.09. The van der Waals surface area contributed by atoms with Gasteiger partial charge in [0.15, 0.2) is 0 Å². The maximum Gasteiger partial charge on any atom is 0.322 e. The molecule has 0 atom stereocenters. The topological polar surface area (TPSA) is 54.2 Å². The van der Waals surface area contributed by atoms with Gasteiger partial charge in [0.05, 0.1) is 12.2 Å². The molecule has 0 fully saturated rings. The number of anilines is 2. The number of halogens is 1. The zero-order valence-corrected chi connectivity index (χ0v) is 12.6. The number of benzene rings is 1. The van der Waals surface area contributed by atoms with Crippen molar-refractivity contribution in [3.63, 3.8) is 0 Å². The standard InChI is InChI=1S/C15H21FN4O/c1-4-20(13-8-6-5-7-12(13)16)15-19-18-14(21-15)10-17-9-11(2)3/h5-8,11,17H,4,9-10H2,1-3H3. The number of hydrogen-bond donors (Lipinski definition) is 1. The van der Waals surface area contributed by atoms with Gasteiger partial charge < -0.3 is 9.73 Å².